The van der Waals surface area contributed by atoms with Crippen LogP contribution in [0.15, 0.2) is 21.6 Å². The average Bonchev–Trinajstić information content (AvgIpc) is 2.27. The van der Waals surface area contributed by atoms with Gasteiger partial charge in [0.05, 0.1) is 0 Å². The first-order chi connectivity index (χ1) is 8.33. The van der Waals surface area contributed by atoms with Crippen LogP contribution >= 0.6 is 27.5 Å². The predicted octanol–water partition coefficient (Wildman–Crippen LogP) is 1.04. The molecule has 0 aliphatic carbocycles. The lowest BCUT2D eigenvalue weighted by atomic mass is 10.3. The zero-order valence-electron chi connectivity index (χ0n) is 9.19. The van der Waals surface area contributed by atoms with Crippen LogP contribution in [0.25, 0.3) is 0 Å². The maximum absolute atomic E-state index is 11.9. The highest BCUT2D eigenvalue weighted by molar-refractivity contribution is 9.10. The van der Waals surface area contributed by atoms with Crippen molar-refractivity contribution in [1.29, 1.82) is 0 Å². The fourth-order valence-corrected chi connectivity index (χ4v) is 3.16. The molecule has 0 aliphatic rings. The van der Waals surface area contributed by atoms with Crippen LogP contribution in [0.4, 0.5) is 0 Å². The van der Waals surface area contributed by atoms with Gasteiger partial charge >= 0.3 is 0 Å². The molecule has 0 bridgehead atoms. The number of nitrogens with two attached hydrogens (primary N) is 1. The zero-order chi connectivity index (χ0) is 13.8. The summed E-state index contributed by atoms with van der Waals surface area (Å²) in [6.45, 7) is 0.105. The summed E-state index contributed by atoms with van der Waals surface area (Å²) in [4.78, 5) is 14.1. The van der Waals surface area contributed by atoms with E-state index in [0.29, 0.717) is 10.9 Å². The van der Waals surface area contributed by atoms with Crippen LogP contribution in [0.5, 0.6) is 0 Å². The molecule has 1 heterocycles. The van der Waals surface area contributed by atoms with Crippen molar-refractivity contribution in [3.63, 3.8) is 0 Å². The summed E-state index contributed by atoms with van der Waals surface area (Å²) in [5, 5.41) is -0.111. The Hall–Kier alpha value is -0.700. The van der Waals surface area contributed by atoms with Gasteiger partial charge in [0.25, 0.3) is 0 Å². The molecule has 1 aromatic rings. The first kappa shape index (κ1) is 15.4. The van der Waals surface area contributed by atoms with Crippen molar-refractivity contribution >= 4 is 43.5 Å². The quantitative estimate of drug-likeness (QED) is 0.587. The molecule has 9 heteroatoms. The van der Waals surface area contributed by atoms with Crippen LogP contribution in [-0.4, -0.2) is 25.9 Å². The Morgan fingerprint density at radius 3 is 2.83 bits per heavy atom. The van der Waals surface area contributed by atoms with E-state index in [1.807, 2.05) is 0 Å². The van der Waals surface area contributed by atoms with E-state index in [1.165, 1.54) is 12.3 Å². The van der Waals surface area contributed by atoms with Gasteiger partial charge < -0.3 is 5.73 Å². The van der Waals surface area contributed by atoms with Gasteiger partial charge in [0, 0.05) is 23.6 Å². The van der Waals surface area contributed by atoms with Crippen molar-refractivity contribution in [2.75, 3.05) is 6.54 Å². The minimum Gasteiger partial charge on any atom is -0.370 e. The molecule has 1 amide bonds. The average molecular weight is 357 g/mol. The molecule has 1 rings (SSSR count). The summed E-state index contributed by atoms with van der Waals surface area (Å²) < 4.78 is 26.6. The molecule has 3 N–H and O–H groups in total. The second kappa shape index (κ2) is 6.46. The number of carbonyl (C=O) groups excluding carboxylic acids is 1. The number of carbonyl (C=O) groups is 1. The third kappa shape index (κ3) is 4.52. The molecule has 0 fully saturated rings. The molecule has 0 spiro atoms. The Kier molecular flexibility index (Phi) is 5.51. The number of primary amides is 1. The summed E-state index contributed by atoms with van der Waals surface area (Å²) in [5.41, 5.74) is 4.94. The zero-order valence-corrected chi connectivity index (χ0v) is 12.3. The van der Waals surface area contributed by atoms with E-state index in [4.69, 9.17) is 17.3 Å². The van der Waals surface area contributed by atoms with E-state index in [9.17, 15) is 13.2 Å². The summed E-state index contributed by atoms with van der Waals surface area (Å²) in [7, 11) is -3.74. The molecule has 1 aromatic heterocycles. The molecular formula is C9H11BrClN3O3S. The lowest BCUT2D eigenvalue weighted by Crippen LogP contribution is -2.26. The lowest BCUT2D eigenvalue weighted by molar-refractivity contribution is -0.118. The predicted molar refractivity (Wildman–Crippen MR) is 70.6 cm³/mol. The third-order valence-electron chi connectivity index (χ3n) is 1.96. The van der Waals surface area contributed by atoms with Gasteiger partial charge in [-0.15, -0.1) is 0 Å². The molecule has 0 aromatic carbocycles. The number of hydrogen-bond donors (Lipinski definition) is 2. The number of pyridine rings is 1. The van der Waals surface area contributed by atoms with Crippen LogP contribution in [-0.2, 0) is 14.8 Å². The fourth-order valence-electron chi connectivity index (χ4n) is 1.14. The van der Waals surface area contributed by atoms with Crippen LogP contribution in [0.3, 0.4) is 0 Å². The highest BCUT2D eigenvalue weighted by Gasteiger charge is 2.18. The van der Waals surface area contributed by atoms with E-state index < -0.39 is 15.9 Å². The van der Waals surface area contributed by atoms with E-state index in [0.717, 1.165) is 0 Å². The first-order valence-electron chi connectivity index (χ1n) is 4.92. The Bertz CT molecular complexity index is 550. The van der Waals surface area contributed by atoms with Gasteiger partial charge in [-0.1, -0.05) is 11.6 Å². The minimum absolute atomic E-state index is 0.105. The summed E-state index contributed by atoms with van der Waals surface area (Å²) in [5.74, 6) is -0.476. The normalized spacial score (nSPS) is 11.4. The summed E-state index contributed by atoms with van der Waals surface area (Å²) >= 11 is 8.83. The molecule has 0 radical (unpaired) electrons. The smallest absolute Gasteiger partial charge is 0.243 e. The molecule has 6 nitrogen and oxygen atoms in total. The third-order valence-corrected chi connectivity index (χ3v) is 4.28. The number of nitrogens with zero attached hydrogens (tertiary/aromatic N) is 1. The molecule has 0 atom stereocenters. The van der Waals surface area contributed by atoms with E-state index in [1.54, 1.807) is 0 Å². The van der Waals surface area contributed by atoms with Crippen LogP contribution in [0.2, 0.25) is 5.15 Å². The lowest BCUT2D eigenvalue weighted by Gasteiger charge is -2.07. The standard InChI is InChI=1S/C9H11BrClN3O3S/c10-6-4-7(9(11)13-5-6)18(16,17)14-3-1-2-8(12)15/h4-5,14H,1-3H2,(H2,12,15). The van der Waals surface area contributed by atoms with E-state index in [2.05, 4.69) is 25.6 Å². The number of sulfonamides is 1. The van der Waals surface area contributed by atoms with Gasteiger partial charge in [-0.2, -0.15) is 0 Å². The summed E-state index contributed by atoms with van der Waals surface area (Å²) in [6.07, 6.45) is 1.84. The van der Waals surface area contributed by atoms with Crippen LogP contribution in [0, 0.1) is 0 Å². The molecule has 18 heavy (non-hydrogen) atoms. The molecule has 0 aliphatic heterocycles. The number of aromatic nitrogens is 1. The highest BCUT2D eigenvalue weighted by atomic mass is 79.9. The van der Waals surface area contributed by atoms with Crippen LogP contribution < -0.4 is 10.5 Å². The molecule has 100 valence electrons. The van der Waals surface area contributed by atoms with Crippen molar-refractivity contribution in [2.24, 2.45) is 5.73 Å². The van der Waals surface area contributed by atoms with E-state index >= 15 is 0 Å². The summed E-state index contributed by atoms with van der Waals surface area (Å²) in [6, 6.07) is 1.35. The number of nitrogens with one attached hydrogen (secondary N) is 1. The maximum Gasteiger partial charge on any atom is 0.243 e. The van der Waals surface area contributed by atoms with E-state index in [-0.39, 0.29) is 23.0 Å². The monoisotopic (exact) mass is 355 g/mol. The molecular weight excluding hydrogens is 346 g/mol. The maximum atomic E-state index is 11.9. The van der Waals surface area contributed by atoms with Crippen LogP contribution in [0.1, 0.15) is 12.8 Å². The fraction of sp³-hybridized carbons (Fsp3) is 0.333. The Labute approximate surface area is 118 Å². The SMILES string of the molecule is NC(=O)CCCNS(=O)(=O)c1cc(Br)cnc1Cl. The molecule has 0 unspecified atom stereocenters. The topological polar surface area (TPSA) is 102 Å². The van der Waals surface area contributed by atoms with Crippen molar-refractivity contribution < 1.29 is 13.2 Å². The first-order valence-corrected chi connectivity index (χ1v) is 7.57. The molecule has 0 saturated heterocycles. The second-order valence-electron chi connectivity index (χ2n) is 3.41. The number of rotatable bonds is 6. The Morgan fingerprint density at radius 1 is 1.56 bits per heavy atom. The second-order valence-corrected chi connectivity index (χ2v) is 6.42. The van der Waals surface area contributed by atoms with Crippen molar-refractivity contribution in [1.82, 2.24) is 9.71 Å². The Morgan fingerprint density at radius 2 is 2.22 bits per heavy atom. The van der Waals surface area contributed by atoms with Gasteiger partial charge in [-0.05, 0) is 28.4 Å². The number of halogens is 2. The Balaban J connectivity index is 2.74. The minimum atomic E-state index is -3.74. The van der Waals surface area contributed by atoms with Crippen molar-refractivity contribution in [3.05, 3.63) is 21.9 Å². The number of amides is 1. The largest absolute Gasteiger partial charge is 0.370 e. The van der Waals surface area contributed by atoms with Gasteiger partial charge in [-0.25, -0.2) is 18.1 Å². The van der Waals surface area contributed by atoms with Gasteiger partial charge in [0.15, 0.2) is 0 Å². The number of hydrogen-bond acceptors (Lipinski definition) is 4. The van der Waals surface area contributed by atoms with Gasteiger partial charge in [0.2, 0.25) is 15.9 Å². The van der Waals surface area contributed by atoms with Crippen molar-refractivity contribution in [2.45, 2.75) is 17.7 Å². The van der Waals surface area contributed by atoms with Gasteiger partial charge in [-0.3, -0.25) is 4.79 Å². The van der Waals surface area contributed by atoms with Crippen molar-refractivity contribution in [3.8, 4) is 0 Å². The molecule has 0 saturated carbocycles. The van der Waals surface area contributed by atoms with Gasteiger partial charge in [0.1, 0.15) is 10.0 Å². The highest BCUT2D eigenvalue weighted by Crippen LogP contribution is 2.22.